The predicted octanol–water partition coefficient (Wildman–Crippen LogP) is 2.36. The van der Waals surface area contributed by atoms with E-state index in [-0.39, 0.29) is 17.1 Å². The van der Waals surface area contributed by atoms with E-state index in [0.29, 0.717) is 0 Å². The van der Waals surface area contributed by atoms with Crippen molar-refractivity contribution in [2.24, 2.45) is 0 Å². The summed E-state index contributed by atoms with van der Waals surface area (Å²) in [6.45, 7) is 13.5. The molecule has 1 aliphatic carbocycles. The van der Waals surface area contributed by atoms with Gasteiger partial charge in [-0.25, -0.2) is 0 Å². The Hall–Kier alpha value is -0.661. The Bertz CT molecular complexity index is 106. The van der Waals surface area contributed by atoms with Gasteiger partial charge in [0.2, 0.25) is 0 Å². The number of rotatable bonds is 0. The van der Waals surface area contributed by atoms with Gasteiger partial charge in [0.05, 0.1) is 0 Å². The average molecular weight is 253 g/mol. The van der Waals surface area contributed by atoms with Gasteiger partial charge in [-0.05, 0) is 0 Å². The van der Waals surface area contributed by atoms with Gasteiger partial charge in [0.15, 0.2) is 0 Å². The van der Waals surface area contributed by atoms with Crippen molar-refractivity contribution in [1.29, 1.82) is 0 Å². The molecular weight excluding hydrogens is 242 g/mol. The quantitative estimate of drug-likeness (QED) is 0.369. The minimum Gasteiger partial charge on any atom is -0.577 e. The Morgan fingerprint density at radius 1 is 0.800 bits per heavy atom. The van der Waals surface area contributed by atoms with E-state index in [1.54, 1.807) is 0 Å². The largest absolute Gasteiger partial charge is 2.00 e. The molecule has 0 bridgehead atoms. The minimum atomic E-state index is 0. The molecule has 0 spiro atoms. The van der Waals surface area contributed by atoms with E-state index >= 15 is 0 Å². The van der Waals surface area contributed by atoms with Crippen LogP contribution in [0.2, 0.25) is 0 Å². The van der Waals surface area contributed by atoms with Crippen LogP contribution >= 0.6 is 0 Å². The normalized spacial score (nSPS) is 10.3. The maximum atomic E-state index is 7.50. The first-order valence-corrected chi connectivity index (χ1v) is 3.61. The summed E-state index contributed by atoms with van der Waals surface area (Å²) < 4.78 is 22.5. The number of hydrogen-bond acceptors (Lipinski definition) is 1. The van der Waals surface area contributed by atoms with Crippen LogP contribution in [0.3, 0.4) is 0 Å². The molecular formula is C9H11FeNO4. The van der Waals surface area contributed by atoms with E-state index in [1.165, 1.54) is 32.1 Å². The second kappa shape index (κ2) is 71.2. The van der Waals surface area contributed by atoms with Crippen molar-refractivity contribution < 1.29 is 31.0 Å². The molecule has 6 heteroatoms. The molecule has 1 saturated carbocycles. The van der Waals surface area contributed by atoms with Gasteiger partial charge in [0.25, 0.3) is 0 Å². The Morgan fingerprint density at radius 2 is 1.07 bits per heavy atom. The van der Waals surface area contributed by atoms with Crippen LogP contribution in [-0.4, -0.2) is 0 Å². The molecule has 0 heterocycles. The zero-order valence-electron chi connectivity index (χ0n) is 8.05. The Labute approximate surface area is 100 Å². The molecule has 5 nitrogen and oxygen atoms in total. The van der Waals surface area contributed by atoms with Crippen molar-refractivity contribution in [3.63, 3.8) is 0 Å². The maximum Gasteiger partial charge on any atom is 2.00 e. The van der Waals surface area contributed by atoms with Gasteiger partial charge < -0.3 is 16.9 Å². The molecule has 0 N–H and O–H groups in total. The minimum absolute atomic E-state index is 0. The third kappa shape index (κ3) is 60.2. The van der Waals surface area contributed by atoms with E-state index in [0.717, 1.165) is 0 Å². The van der Waals surface area contributed by atoms with E-state index < -0.39 is 0 Å². The van der Waals surface area contributed by atoms with Gasteiger partial charge in [-0.3, -0.25) is 0 Å². The summed E-state index contributed by atoms with van der Waals surface area (Å²) in [6.07, 6.45) is 9.50. The second-order valence-electron chi connectivity index (χ2n) is 1.93. The van der Waals surface area contributed by atoms with E-state index in [2.05, 4.69) is 26.4 Å². The van der Waals surface area contributed by atoms with Gasteiger partial charge in [-0.15, -0.1) is 0 Å². The van der Waals surface area contributed by atoms with Crippen molar-refractivity contribution in [2.75, 3.05) is 0 Å². The molecule has 0 aromatic carbocycles. The van der Waals surface area contributed by atoms with Crippen LogP contribution in [-0.2, 0) is 31.0 Å². The second-order valence-corrected chi connectivity index (χ2v) is 1.93. The van der Waals surface area contributed by atoms with Gasteiger partial charge in [0, 0.05) is 0 Å². The summed E-state index contributed by atoms with van der Waals surface area (Å²) in [7, 11) is 0. The third-order valence-corrected chi connectivity index (χ3v) is 1.32. The zero-order valence-corrected chi connectivity index (χ0v) is 9.15. The first-order chi connectivity index (χ1) is 7.00. The van der Waals surface area contributed by atoms with Crippen molar-refractivity contribution in [1.82, 2.24) is 0 Å². The van der Waals surface area contributed by atoms with Crippen LogP contribution in [0.1, 0.15) is 32.1 Å². The molecule has 0 aliphatic heterocycles. The fourth-order valence-electron chi connectivity index (χ4n) is 0.898. The van der Waals surface area contributed by atoms with E-state index in [4.69, 9.17) is 24.5 Å². The van der Waals surface area contributed by atoms with Gasteiger partial charge in [0.1, 0.15) is 0 Å². The van der Waals surface area contributed by atoms with Crippen LogP contribution in [0.4, 0.5) is 0 Å². The van der Waals surface area contributed by atoms with Crippen LogP contribution in [0.25, 0.3) is 5.59 Å². The monoisotopic (exact) mass is 253 g/mol. The first-order valence-electron chi connectivity index (χ1n) is 3.61. The number of nitrogens with zero attached hydrogens (tertiary/aromatic N) is 1. The predicted molar refractivity (Wildman–Crippen MR) is 45.9 cm³/mol. The van der Waals surface area contributed by atoms with Crippen LogP contribution in [0, 0.1) is 31.3 Å². The van der Waals surface area contributed by atoms with Crippen molar-refractivity contribution in [2.45, 2.75) is 32.1 Å². The summed E-state index contributed by atoms with van der Waals surface area (Å²) in [5.41, 5.74) is 5.75. The molecule has 0 radical (unpaired) electrons. The molecule has 1 fully saturated rings. The van der Waals surface area contributed by atoms with Crippen molar-refractivity contribution in [3.8, 4) is 0 Å². The molecule has 15 heavy (non-hydrogen) atoms. The maximum absolute atomic E-state index is 7.50. The smallest absolute Gasteiger partial charge is 0.577 e. The SMILES string of the molecule is [C-]#[O+].[C-]#[O+].[C-]#[O+].[CH-]1CCCCC1.[Fe+2].[N-]=O. The summed E-state index contributed by atoms with van der Waals surface area (Å²) in [6, 6.07) is 0. The van der Waals surface area contributed by atoms with E-state index in [9.17, 15) is 0 Å². The van der Waals surface area contributed by atoms with Crippen LogP contribution in [0.5, 0.6) is 0 Å². The van der Waals surface area contributed by atoms with E-state index in [1.807, 2.05) is 0 Å². The molecule has 1 rings (SSSR count). The van der Waals surface area contributed by atoms with Gasteiger partial charge >= 0.3 is 51.0 Å². The molecule has 0 aromatic heterocycles. The van der Waals surface area contributed by atoms with Crippen LogP contribution in [0.15, 0.2) is 0 Å². The molecule has 0 unspecified atom stereocenters. The number of hydrogen-bond donors (Lipinski definition) is 0. The summed E-state index contributed by atoms with van der Waals surface area (Å²) in [5.74, 6) is 0. The molecule has 0 amide bonds. The third-order valence-electron chi connectivity index (χ3n) is 1.32. The van der Waals surface area contributed by atoms with Gasteiger partial charge in [-0.1, -0.05) is 19.3 Å². The molecule has 1 aliphatic rings. The van der Waals surface area contributed by atoms with Crippen LogP contribution < -0.4 is 0 Å². The fourth-order valence-corrected chi connectivity index (χ4v) is 0.898. The average Bonchev–Trinajstić information content (AvgIpc) is 2.41. The Balaban J connectivity index is -0.0000000325. The summed E-state index contributed by atoms with van der Waals surface area (Å²) >= 11 is 0. The fraction of sp³-hybridized carbons (Fsp3) is 0.556. The molecule has 84 valence electrons. The topological polar surface area (TPSA) is 99.1 Å². The zero-order chi connectivity index (χ0) is 12.2. The molecule has 0 atom stereocenters. The Kier molecular flexibility index (Phi) is 139. The first kappa shape index (κ1) is 29.3. The Morgan fingerprint density at radius 3 is 1.13 bits per heavy atom. The van der Waals surface area contributed by atoms with Crippen molar-refractivity contribution >= 4 is 0 Å². The van der Waals surface area contributed by atoms with Crippen molar-refractivity contribution in [3.05, 3.63) is 36.9 Å². The van der Waals surface area contributed by atoms with Gasteiger partial charge in [-0.2, -0.15) is 12.8 Å². The molecule has 0 saturated heterocycles. The summed E-state index contributed by atoms with van der Waals surface area (Å²) in [5, 5.41) is 0. The number of nitroso groups, excluding NO2 is 1. The molecule has 0 aromatic rings. The standard InChI is InChI=1S/C6H11.3CO.Fe.NO/c1-2-4-6-5-3-1;3*1-2;;1-2/h1H,2-6H2;;;;;/q-1;;;;+2;-1. The summed E-state index contributed by atoms with van der Waals surface area (Å²) in [4.78, 5) is 7.25.